The Morgan fingerprint density at radius 3 is 1.77 bits per heavy atom. The third-order valence-corrected chi connectivity index (χ3v) is 4.53. The van der Waals surface area contributed by atoms with Crippen LogP contribution in [0, 0.1) is 0 Å². The molecule has 142 valence electrons. The van der Waals surface area contributed by atoms with Gasteiger partial charge in [-0.25, -0.2) is 0 Å². The SMILES string of the molecule is CCOc1c(OC)cc(C(C)C)cc1-c1cc(C(C)C)cc(OC)c1O. The third kappa shape index (κ3) is 3.90. The fourth-order valence-electron chi connectivity index (χ4n) is 2.93. The molecule has 0 bridgehead atoms. The van der Waals surface area contributed by atoms with E-state index in [1.165, 1.54) is 0 Å². The van der Waals surface area contributed by atoms with Crippen LogP contribution in [-0.2, 0) is 0 Å². The molecule has 0 heterocycles. The Hall–Kier alpha value is -2.36. The van der Waals surface area contributed by atoms with Crippen LogP contribution < -0.4 is 14.2 Å². The minimum absolute atomic E-state index is 0.112. The Balaban J connectivity index is 2.84. The summed E-state index contributed by atoms with van der Waals surface area (Å²) in [6.07, 6.45) is 0. The largest absolute Gasteiger partial charge is 0.504 e. The van der Waals surface area contributed by atoms with Crippen molar-refractivity contribution in [1.82, 2.24) is 0 Å². The fraction of sp³-hybridized carbons (Fsp3) is 0.455. The maximum atomic E-state index is 10.8. The molecule has 1 N–H and O–H groups in total. The monoisotopic (exact) mass is 358 g/mol. The molecule has 0 spiro atoms. The van der Waals surface area contributed by atoms with Crippen LogP contribution in [0.3, 0.4) is 0 Å². The topological polar surface area (TPSA) is 47.9 Å². The number of phenolic OH excluding ortho intramolecular Hbond substituents is 1. The van der Waals surface area contributed by atoms with Gasteiger partial charge >= 0.3 is 0 Å². The van der Waals surface area contributed by atoms with Crippen LogP contribution in [-0.4, -0.2) is 25.9 Å². The maximum absolute atomic E-state index is 10.8. The van der Waals surface area contributed by atoms with Gasteiger partial charge in [-0.2, -0.15) is 0 Å². The zero-order chi connectivity index (χ0) is 19.4. The van der Waals surface area contributed by atoms with E-state index in [0.29, 0.717) is 41.3 Å². The normalized spacial score (nSPS) is 11.1. The molecule has 0 aromatic heterocycles. The molecule has 4 nitrogen and oxygen atoms in total. The lowest BCUT2D eigenvalue weighted by molar-refractivity contribution is 0.311. The van der Waals surface area contributed by atoms with Crippen LogP contribution in [0.5, 0.6) is 23.0 Å². The van der Waals surface area contributed by atoms with E-state index in [1.807, 2.05) is 25.1 Å². The molecule has 2 rings (SSSR count). The summed E-state index contributed by atoms with van der Waals surface area (Å²) in [5, 5.41) is 10.8. The van der Waals surface area contributed by atoms with E-state index < -0.39 is 0 Å². The number of rotatable bonds is 7. The van der Waals surface area contributed by atoms with Crippen molar-refractivity contribution in [2.24, 2.45) is 0 Å². The van der Waals surface area contributed by atoms with Gasteiger partial charge in [-0.05, 0) is 54.2 Å². The van der Waals surface area contributed by atoms with Crippen molar-refractivity contribution in [3.05, 3.63) is 35.4 Å². The zero-order valence-electron chi connectivity index (χ0n) is 16.8. The third-order valence-electron chi connectivity index (χ3n) is 4.53. The highest BCUT2D eigenvalue weighted by atomic mass is 16.5. The quantitative estimate of drug-likeness (QED) is 0.687. The Morgan fingerprint density at radius 2 is 1.31 bits per heavy atom. The smallest absolute Gasteiger partial charge is 0.169 e. The molecule has 0 aliphatic heterocycles. The van der Waals surface area contributed by atoms with Gasteiger partial charge in [-0.1, -0.05) is 27.7 Å². The Labute approximate surface area is 156 Å². The van der Waals surface area contributed by atoms with Gasteiger partial charge in [0.15, 0.2) is 23.0 Å². The first-order chi connectivity index (χ1) is 12.3. The second kappa shape index (κ2) is 8.35. The number of methoxy groups -OCH3 is 2. The van der Waals surface area contributed by atoms with Gasteiger partial charge in [-0.15, -0.1) is 0 Å². The molecule has 26 heavy (non-hydrogen) atoms. The number of ether oxygens (including phenoxy) is 3. The van der Waals surface area contributed by atoms with Crippen molar-refractivity contribution in [3.63, 3.8) is 0 Å². The number of phenols is 1. The van der Waals surface area contributed by atoms with Gasteiger partial charge < -0.3 is 19.3 Å². The summed E-state index contributed by atoms with van der Waals surface area (Å²) in [4.78, 5) is 0. The summed E-state index contributed by atoms with van der Waals surface area (Å²) in [7, 11) is 3.20. The molecule has 2 aromatic rings. The average molecular weight is 358 g/mol. The van der Waals surface area contributed by atoms with Crippen molar-refractivity contribution in [2.45, 2.75) is 46.5 Å². The Morgan fingerprint density at radius 1 is 0.808 bits per heavy atom. The van der Waals surface area contributed by atoms with Crippen molar-refractivity contribution in [2.75, 3.05) is 20.8 Å². The Bertz CT molecular complexity index is 763. The Kier molecular flexibility index (Phi) is 6.41. The minimum Gasteiger partial charge on any atom is -0.504 e. The molecule has 0 fully saturated rings. The molecule has 2 aromatic carbocycles. The highest BCUT2D eigenvalue weighted by Gasteiger charge is 2.21. The summed E-state index contributed by atoms with van der Waals surface area (Å²) < 4.78 is 16.9. The molecule has 0 saturated heterocycles. The second-order valence-corrected chi connectivity index (χ2v) is 6.96. The first kappa shape index (κ1) is 20.0. The van der Waals surface area contributed by atoms with Crippen molar-refractivity contribution in [3.8, 4) is 34.1 Å². The molecule has 0 aliphatic carbocycles. The highest BCUT2D eigenvalue weighted by Crippen LogP contribution is 2.47. The van der Waals surface area contributed by atoms with E-state index in [-0.39, 0.29) is 5.75 Å². The van der Waals surface area contributed by atoms with E-state index in [2.05, 4.69) is 33.8 Å². The molecule has 0 aliphatic rings. The lowest BCUT2D eigenvalue weighted by Crippen LogP contribution is -2.01. The molecule has 4 heteroatoms. The van der Waals surface area contributed by atoms with E-state index in [0.717, 1.165) is 16.7 Å². The summed E-state index contributed by atoms with van der Waals surface area (Å²) >= 11 is 0. The predicted molar refractivity (Wildman–Crippen MR) is 106 cm³/mol. The molecular formula is C22H30O4. The van der Waals surface area contributed by atoms with Crippen molar-refractivity contribution >= 4 is 0 Å². The van der Waals surface area contributed by atoms with Gasteiger partial charge in [0.1, 0.15) is 0 Å². The maximum Gasteiger partial charge on any atom is 0.169 e. The molecule has 0 unspecified atom stereocenters. The van der Waals surface area contributed by atoms with Crippen LogP contribution in [0.15, 0.2) is 24.3 Å². The van der Waals surface area contributed by atoms with Crippen LogP contribution in [0.2, 0.25) is 0 Å². The van der Waals surface area contributed by atoms with Crippen LogP contribution in [0.4, 0.5) is 0 Å². The molecule has 0 atom stereocenters. The second-order valence-electron chi connectivity index (χ2n) is 6.96. The number of hydrogen-bond acceptors (Lipinski definition) is 4. The summed E-state index contributed by atoms with van der Waals surface area (Å²) in [5.74, 6) is 2.49. The average Bonchev–Trinajstić information content (AvgIpc) is 2.61. The first-order valence-electron chi connectivity index (χ1n) is 9.09. The van der Waals surface area contributed by atoms with Crippen molar-refractivity contribution < 1.29 is 19.3 Å². The minimum atomic E-state index is 0.112. The first-order valence-corrected chi connectivity index (χ1v) is 9.09. The molecule has 0 radical (unpaired) electrons. The van der Waals surface area contributed by atoms with Crippen LogP contribution in [0.25, 0.3) is 11.1 Å². The van der Waals surface area contributed by atoms with E-state index in [4.69, 9.17) is 14.2 Å². The summed E-state index contributed by atoms with van der Waals surface area (Å²) in [5.41, 5.74) is 3.71. The lowest BCUT2D eigenvalue weighted by Gasteiger charge is -2.20. The van der Waals surface area contributed by atoms with Gasteiger partial charge in [0.25, 0.3) is 0 Å². The number of hydrogen-bond donors (Lipinski definition) is 1. The number of benzene rings is 2. The van der Waals surface area contributed by atoms with Gasteiger partial charge in [0, 0.05) is 11.1 Å². The molecular weight excluding hydrogens is 328 g/mol. The summed E-state index contributed by atoms with van der Waals surface area (Å²) in [6.45, 7) is 10.9. The van der Waals surface area contributed by atoms with E-state index >= 15 is 0 Å². The van der Waals surface area contributed by atoms with Gasteiger partial charge in [-0.3, -0.25) is 0 Å². The highest BCUT2D eigenvalue weighted by molar-refractivity contribution is 5.81. The van der Waals surface area contributed by atoms with E-state index in [9.17, 15) is 5.11 Å². The van der Waals surface area contributed by atoms with Crippen LogP contribution in [0.1, 0.15) is 57.6 Å². The predicted octanol–water partition coefficient (Wildman–Crippen LogP) is 5.72. The van der Waals surface area contributed by atoms with Crippen molar-refractivity contribution in [1.29, 1.82) is 0 Å². The standard InChI is InChI=1S/C22H30O4/c1-8-26-22-18(10-16(14(4)5)12-20(22)25-7)17-9-15(13(2)3)11-19(24-6)21(17)23/h9-14,23H,8H2,1-7H3. The molecule has 0 saturated carbocycles. The summed E-state index contributed by atoms with van der Waals surface area (Å²) in [6, 6.07) is 7.95. The zero-order valence-corrected chi connectivity index (χ0v) is 16.8. The van der Waals surface area contributed by atoms with Crippen LogP contribution >= 0.6 is 0 Å². The fourth-order valence-corrected chi connectivity index (χ4v) is 2.93. The van der Waals surface area contributed by atoms with Gasteiger partial charge in [0.2, 0.25) is 0 Å². The molecule has 0 amide bonds. The number of aromatic hydroxyl groups is 1. The lowest BCUT2D eigenvalue weighted by atomic mass is 9.92. The van der Waals surface area contributed by atoms with E-state index in [1.54, 1.807) is 14.2 Å². The van der Waals surface area contributed by atoms with Gasteiger partial charge in [0.05, 0.1) is 20.8 Å².